The van der Waals surface area contributed by atoms with E-state index in [-0.39, 0.29) is 11.9 Å². The van der Waals surface area contributed by atoms with Crippen molar-refractivity contribution in [2.45, 2.75) is 18.9 Å². The van der Waals surface area contributed by atoms with Gasteiger partial charge in [-0.1, -0.05) is 24.3 Å². The molecule has 0 aliphatic carbocycles. The summed E-state index contributed by atoms with van der Waals surface area (Å²) in [5.41, 5.74) is 3.93. The quantitative estimate of drug-likeness (QED) is 0.380. The highest BCUT2D eigenvalue weighted by molar-refractivity contribution is 5.95. The van der Waals surface area contributed by atoms with Crippen molar-refractivity contribution in [2.75, 3.05) is 27.9 Å². The van der Waals surface area contributed by atoms with Gasteiger partial charge in [-0.15, -0.1) is 0 Å². The van der Waals surface area contributed by atoms with Gasteiger partial charge < -0.3 is 23.5 Å². The minimum atomic E-state index is -0.230. The Morgan fingerprint density at radius 3 is 2.47 bits per heavy atom. The lowest BCUT2D eigenvalue weighted by Crippen LogP contribution is -2.30. The molecule has 4 aromatic rings. The van der Waals surface area contributed by atoms with E-state index in [1.54, 1.807) is 39.5 Å². The number of rotatable bonds is 6. The van der Waals surface area contributed by atoms with Crippen molar-refractivity contribution in [3.63, 3.8) is 0 Å². The number of ether oxygens (including phenoxy) is 3. The maximum absolute atomic E-state index is 13.4. The van der Waals surface area contributed by atoms with Crippen LogP contribution in [0.2, 0.25) is 0 Å². The zero-order valence-corrected chi connectivity index (χ0v) is 19.4. The number of oxazole rings is 1. The zero-order chi connectivity index (χ0) is 23.7. The van der Waals surface area contributed by atoms with Gasteiger partial charge in [-0.3, -0.25) is 4.79 Å². The Morgan fingerprint density at radius 1 is 0.971 bits per heavy atom. The lowest BCUT2D eigenvalue weighted by molar-refractivity contribution is 0.0716. The van der Waals surface area contributed by atoms with Crippen LogP contribution in [0.5, 0.6) is 17.2 Å². The van der Waals surface area contributed by atoms with E-state index >= 15 is 0 Å². The Labute approximate surface area is 197 Å². The number of likely N-dealkylation sites (tertiary alicyclic amines) is 1. The summed E-state index contributed by atoms with van der Waals surface area (Å²) >= 11 is 0. The molecule has 7 heteroatoms. The normalized spacial score (nSPS) is 15.5. The Hall–Kier alpha value is -4.00. The topological polar surface area (TPSA) is 74.0 Å². The van der Waals surface area contributed by atoms with Crippen LogP contribution in [-0.2, 0) is 0 Å². The molecule has 1 atom stereocenters. The third kappa shape index (κ3) is 3.94. The van der Waals surface area contributed by atoms with Crippen molar-refractivity contribution in [1.82, 2.24) is 9.88 Å². The largest absolute Gasteiger partial charge is 0.497 e. The van der Waals surface area contributed by atoms with Gasteiger partial charge in [0.25, 0.3) is 5.91 Å². The molecule has 174 valence electrons. The average molecular weight is 459 g/mol. The fourth-order valence-corrected chi connectivity index (χ4v) is 4.50. The Kier molecular flexibility index (Phi) is 5.84. The summed E-state index contributed by atoms with van der Waals surface area (Å²) in [6.07, 6.45) is 1.67. The second-order valence-electron chi connectivity index (χ2n) is 8.19. The minimum absolute atomic E-state index is 0.100. The highest BCUT2D eigenvalue weighted by atomic mass is 16.5. The van der Waals surface area contributed by atoms with Gasteiger partial charge in [0.15, 0.2) is 5.58 Å². The summed E-state index contributed by atoms with van der Waals surface area (Å²) in [6.45, 7) is 0.633. The smallest absolute Gasteiger partial charge is 0.254 e. The van der Waals surface area contributed by atoms with Gasteiger partial charge in [0.05, 0.1) is 21.3 Å². The van der Waals surface area contributed by atoms with Crippen molar-refractivity contribution in [1.29, 1.82) is 0 Å². The van der Waals surface area contributed by atoms with Crippen LogP contribution >= 0.6 is 0 Å². The van der Waals surface area contributed by atoms with Gasteiger partial charge in [0, 0.05) is 23.7 Å². The number of fused-ring (bicyclic) bond motifs is 1. The van der Waals surface area contributed by atoms with Crippen molar-refractivity contribution in [3.05, 3.63) is 72.1 Å². The summed E-state index contributed by atoms with van der Waals surface area (Å²) in [7, 11) is 4.80. The molecule has 1 aliphatic heterocycles. The molecule has 0 N–H and O–H groups in total. The van der Waals surface area contributed by atoms with E-state index in [1.807, 2.05) is 47.4 Å². The first-order chi connectivity index (χ1) is 16.6. The molecule has 1 amide bonds. The standard InChI is InChI=1S/C27H26N2O5/c1-31-19-13-18(14-20(16-19)32-2)27(30)29-12-6-8-23(29)26-28-22-15-17(10-11-25(22)34-26)21-7-4-5-9-24(21)33-3/h4-5,7,9-11,13-16,23H,6,8,12H2,1-3H3. The van der Waals surface area contributed by atoms with E-state index in [0.717, 1.165) is 35.2 Å². The average Bonchev–Trinajstić information content (AvgIpc) is 3.54. The number of benzene rings is 3. The van der Waals surface area contributed by atoms with E-state index < -0.39 is 0 Å². The number of aromatic nitrogens is 1. The van der Waals surface area contributed by atoms with Crippen LogP contribution in [0.25, 0.3) is 22.2 Å². The molecular formula is C27H26N2O5. The molecule has 1 saturated heterocycles. The molecule has 0 radical (unpaired) electrons. The first-order valence-electron chi connectivity index (χ1n) is 11.2. The molecule has 2 heterocycles. The SMILES string of the molecule is COc1cc(OC)cc(C(=O)N2CCCC2c2nc3cc(-c4ccccc4OC)ccc3o2)c1. The Morgan fingerprint density at radius 2 is 1.74 bits per heavy atom. The molecule has 1 aromatic heterocycles. The number of amides is 1. The van der Waals surface area contributed by atoms with Crippen LogP contribution in [0, 0.1) is 0 Å². The van der Waals surface area contributed by atoms with Crippen molar-refractivity contribution >= 4 is 17.0 Å². The van der Waals surface area contributed by atoms with E-state index in [2.05, 4.69) is 0 Å². The molecule has 1 aliphatic rings. The zero-order valence-electron chi connectivity index (χ0n) is 19.4. The number of methoxy groups -OCH3 is 3. The van der Waals surface area contributed by atoms with Gasteiger partial charge in [-0.05, 0) is 48.7 Å². The fourth-order valence-electron chi connectivity index (χ4n) is 4.50. The van der Waals surface area contributed by atoms with E-state index in [1.165, 1.54) is 0 Å². The molecule has 1 fully saturated rings. The highest BCUT2D eigenvalue weighted by Gasteiger charge is 2.34. The number of carbonyl (C=O) groups is 1. The molecule has 34 heavy (non-hydrogen) atoms. The summed E-state index contributed by atoms with van der Waals surface area (Å²) in [5.74, 6) is 2.39. The summed E-state index contributed by atoms with van der Waals surface area (Å²) in [5, 5.41) is 0. The van der Waals surface area contributed by atoms with Gasteiger partial charge in [-0.25, -0.2) is 4.98 Å². The number of para-hydroxylation sites is 1. The predicted molar refractivity (Wildman–Crippen MR) is 129 cm³/mol. The van der Waals surface area contributed by atoms with Gasteiger partial charge >= 0.3 is 0 Å². The Balaban J connectivity index is 1.47. The van der Waals surface area contributed by atoms with Crippen LogP contribution in [0.3, 0.4) is 0 Å². The first-order valence-corrected chi connectivity index (χ1v) is 11.2. The van der Waals surface area contributed by atoms with Crippen LogP contribution in [0.4, 0.5) is 0 Å². The van der Waals surface area contributed by atoms with Crippen LogP contribution < -0.4 is 14.2 Å². The Bertz CT molecular complexity index is 1320. The third-order valence-corrected chi connectivity index (χ3v) is 6.22. The molecule has 0 bridgehead atoms. The van der Waals surface area contributed by atoms with Crippen LogP contribution in [0.15, 0.2) is 65.1 Å². The summed E-state index contributed by atoms with van der Waals surface area (Å²) in [6, 6.07) is 18.8. The van der Waals surface area contributed by atoms with Crippen molar-refractivity contribution < 1.29 is 23.4 Å². The minimum Gasteiger partial charge on any atom is -0.497 e. The van der Waals surface area contributed by atoms with E-state index in [4.69, 9.17) is 23.6 Å². The molecule has 0 saturated carbocycles. The van der Waals surface area contributed by atoms with Gasteiger partial charge in [0.2, 0.25) is 5.89 Å². The molecule has 1 unspecified atom stereocenters. The predicted octanol–water partition coefficient (Wildman–Crippen LogP) is 5.50. The number of hydrogen-bond acceptors (Lipinski definition) is 6. The van der Waals surface area contributed by atoms with Crippen LogP contribution in [0.1, 0.15) is 35.1 Å². The van der Waals surface area contributed by atoms with E-state index in [9.17, 15) is 4.79 Å². The second kappa shape index (κ2) is 9.09. The molecule has 3 aromatic carbocycles. The maximum Gasteiger partial charge on any atom is 0.254 e. The third-order valence-electron chi connectivity index (χ3n) is 6.22. The molecular weight excluding hydrogens is 432 g/mol. The molecule has 0 spiro atoms. The molecule has 7 nitrogen and oxygen atoms in total. The number of nitrogens with zero attached hydrogens (tertiary/aromatic N) is 2. The number of carbonyl (C=O) groups excluding carboxylic acids is 1. The first kappa shape index (κ1) is 21.8. The monoisotopic (exact) mass is 458 g/mol. The maximum atomic E-state index is 13.4. The van der Waals surface area contributed by atoms with Gasteiger partial charge in [0.1, 0.15) is 28.8 Å². The fraction of sp³-hybridized carbons (Fsp3) is 0.259. The molecule has 5 rings (SSSR count). The lowest BCUT2D eigenvalue weighted by Gasteiger charge is -2.22. The second-order valence-corrected chi connectivity index (χ2v) is 8.19. The van der Waals surface area contributed by atoms with Crippen molar-refractivity contribution in [3.8, 4) is 28.4 Å². The highest BCUT2D eigenvalue weighted by Crippen LogP contribution is 2.37. The van der Waals surface area contributed by atoms with E-state index in [0.29, 0.717) is 35.1 Å². The summed E-state index contributed by atoms with van der Waals surface area (Å²) < 4.78 is 22.3. The summed E-state index contributed by atoms with van der Waals surface area (Å²) in [4.78, 5) is 20.0. The lowest BCUT2D eigenvalue weighted by atomic mass is 10.0. The van der Waals surface area contributed by atoms with Gasteiger partial charge in [-0.2, -0.15) is 0 Å². The van der Waals surface area contributed by atoms with Crippen LogP contribution in [-0.4, -0.2) is 43.7 Å². The van der Waals surface area contributed by atoms with Crippen molar-refractivity contribution in [2.24, 2.45) is 0 Å². The number of hydrogen-bond donors (Lipinski definition) is 0.